The van der Waals surface area contributed by atoms with Crippen molar-refractivity contribution in [3.05, 3.63) is 35.4 Å². The van der Waals surface area contributed by atoms with Crippen molar-refractivity contribution in [2.24, 2.45) is 5.73 Å². The van der Waals surface area contributed by atoms with Crippen LogP contribution in [0.15, 0.2) is 24.3 Å². The first kappa shape index (κ1) is 14.0. The van der Waals surface area contributed by atoms with Crippen LogP contribution < -0.4 is 5.73 Å². The van der Waals surface area contributed by atoms with Crippen molar-refractivity contribution in [2.75, 3.05) is 19.8 Å². The van der Waals surface area contributed by atoms with Gasteiger partial charge in [0.05, 0.1) is 12.1 Å². The zero-order valence-corrected chi connectivity index (χ0v) is 12.0. The van der Waals surface area contributed by atoms with E-state index in [1.807, 2.05) is 6.92 Å². The lowest BCUT2D eigenvalue weighted by Gasteiger charge is -2.25. The quantitative estimate of drug-likeness (QED) is 0.803. The molecule has 3 N–H and O–H groups in total. The summed E-state index contributed by atoms with van der Waals surface area (Å²) in [5.41, 5.74) is 8.06. The Morgan fingerprint density at radius 1 is 1.25 bits per heavy atom. The van der Waals surface area contributed by atoms with Gasteiger partial charge in [-0.3, -0.25) is 0 Å². The lowest BCUT2D eigenvalue weighted by molar-refractivity contribution is -0.119. The van der Waals surface area contributed by atoms with E-state index in [1.165, 1.54) is 0 Å². The summed E-state index contributed by atoms with van der Waals surface area (Å²) in [4.78, 5) is 0. The van der Waals surface area contributed by atoms with Crippen LogP contribution in [0.1, 0.15) is 37.3 Å². The average molecular weight is 277 g/mol. The number of rotatable bonds is 5. The minimum absolute atomic E-state index is 0.206. The third kappa shape index (κ3) is 2.27. The van der Waals surface area contributed by atoms with Gasteiger partial charge in [0.1, 0.15) is 0 Å². The second-order valence-electron chi connectivity index (χ2n) is 6.00. The summed E-state index contributed by atoms with van der Waals surface area (Å²) in [6, 6.07) is 8.31. The Hall–Kier alpha value is -0.940. The van der Waals surface area contributed by atoms with Gasteiger partial charge in [0, 0.05) is 18.6 Å². The summed E-state index contributed by atoms with van der Waals surface area (Å²) in [6.07, 6.45) is 2.11. The third-order valence-corrected chi connectivity index (χ3v) is 4.67. The highest BCUT2D eigenvalue weighted by molar-refractivity contribution is 5.37. The van der Waals surface area contributed by atoms with E-state index < -0.39 is 6.29 Å². The number of aliphatic hydroxyl groups is 1. The highest BCUT2D eigenvalue weighted by Crippen LogP contribution is 2.51. The van der Waals surface area contributed by atoms with Gasteiger partial charge in [-0.2, -0.15) is 0 Å². The maximum Gasteiger partial charge on any atom is 0.164 e. The Kier molecular flexibility index (Phi) is 3.58. The molecule has 110 valence electrons. The van der Waals surface area contributed by atoms with Crippen LogP contribution in [0.4, 0.5) is 0 Å². The fourth-order valence-corrected chi connectivity index (χ4v) is 3.07. The molecule has 1 saturated heterocycles. The molecular weight excluding hydrogens is 254 g/mol. The van der Waals surface area contributed by atoms with E-state index in [4.69, 9.17) is 15.2 Å². The zero-order chi connectivity index (χ0) is 14.2. The number of benzene rings is 1. The Labute approximate surface area is 119 Å². The molecule has 1 aromatic rings. The smallest absolute Gasteiger partial charge is 0.164 e. The molecule has 2 aliphatic rings. The minimum atomic E-state index is -0.708. The van der Waals surface area contributed by atoms with Gasteiger partial charge in [-0.25, -0.2) is 0 Å². The van der Waals surface area contributed by atoms with Crippen LogP contribution in [0.2, 0.25) is 0 Å². The molecule has 0 bridgehead atoms. The molecule has 3 rings (SSSR count). The number of aliphatic hydroxyl groups excluding tert-OH is 1. The average Bonchev–Trinajstić information content (AvgIpc) is 3.16. The fourth-order valence-electron chi connectivity index (χ4n) is 3.07. The molecule has 1 saturated carbocycles. The molecule has 0 radical (unpaired) electrons. The van der Waals surface area contributed by atoms with Crippen molar-refractivity contribution in [1.29, 1.82) is 0 Å². The molecule has 0 aromatic heterocycles. The van der Waals surface area contributed by atoms with Gasteiger partial charge in [0.15, 0.2) is 6.29 Å². The highest BCUT2D eigenvalue weighted by Gasteiger charge is 2.51. The van der Waals surface area contributed by atoms with Crippen LogP contribution in [-0.2, 0) is 20.4 Å². The third-order valence-electron chi connectivity index (χ3n) is 4.67. The van der Waals surface area contributed by atoms with Crippen molar-refractivity contribution in [3.8, 4) is 0 Å². The van der Waals surface area contributed by atoms with Gasteiger partial charge in [-0.05, 0) is 37.3 Å². The number of ether oxygens (including phenoxy) is 2. The van der Waals surface area contributed by atoms with Crippen LogP contribution in [0.25, 0.3) is 0 Å². The number of hydrogen-bond donors (Lipinski definition) is 2. The molecule has 1 aromatic carbocycles. The lowest BCUT2D eigenvalue weighted by Crippen LogP contribution is -2.37. The van der Waals surface area contributed by atoms with Crippen molar-refractivity contribution in [1.82, 2.24) is 0 Å². The molecule has 0 spiro atoms. The topological polar surface area (TPSA) is 64.7 Å². The summed E-state index contributed by atoms with van der Waals surface area (Å²) >= 11 is 0. The predicted octanol–water partition coefficient (Wildman–Crippen LogP) is 1.65. The number of hydrogen-bond acceptors (Lipinski definition) is 4. The van der Waals surface area contributed by atoms with Crippen LogP contribution in [-0.4, -0.2) is 31.2 Å². The van der Waals surface area contributed by atoms with Gasteiger partial charge >= 0.3 is 0 Å². The van der Waals surface area contributed by atoms with E-state index in [-0.39, 0.29) is 11.0 Å². The maximum atomic E-state index is 10.2. The molecule has 20 heavy (non-hydrogen) atoms. The Bertz CT molecular complexity index is 461. The number of nitrogens with two attached hydrogens (primary N) is 1. The first-order chi connectivity index (χ1) is 9.61. The predicted molar refractivity (Wildman–Crippen MR) is 76.3 cm³/mol. The molecule has 1 heterocycles. The lowest BCUT2D eigenvalue weighted by atomic mass is 9.87. The standard InChI is InChI=1S/C16H23NO3/c1-2-20-14(18)15(7-8-15)12-3-5-13(6-4-12)16(17)9-10-19-11-16/h3-6,14,18H,2,7-11,17H2,1H3. The van der Waals surface area contributed by atoms with Crippen molar-refractivity contribution in [2.45, 2.75) is 43.4 Å². The van der Waals surface area contributed by atoms with Crippen LogP contribution in [0, 0.1) is 0 Å². The second kappa shape index (κ2) is 5.11. The Balaban J connectivity index is 1.80. The summed E-state index contributed by atoms with van der Waals surface area (Å²) in [5.74, 6) is 0. The van der Waals surface area contributed by atoms with E-state index in [2.05, 4.69) is 24.3 Å². The van der Waals surface area contributed by atoms with E-state index in [0.29, 0.717) is 13.2 Å². The minimum Gasteiger partial charge on any atom is -0.379 e. The van der Waals surface area contributed by atoms with Crippen LogP contribution >= 0.6 is 0 Å². The summed E-state index contributed by atoms with van der Waals surface area (Å²) < 4.78 is 10.8. The zero-order valence-electron chi connectivity index (χ0n) is 12.0. The van der Waals surface area contributed by atoms with Gasteiger partial charge in [0.2, 0.25) is 0 Å². The van der Waals surface area contributed by atoms with E-state index in [9.17, 15) is 5.11 Å². The SMILES string of the molecule is CCOC(O)C1(c2ccc(C3(N)CCOC3)cc2)CC1. The normalized spacial score (nSPS) is 29.4. The monoisotopic (exact) mass is 277 g/mol. The largest absolute Gasteiger partial charge is 0.379 e. The molecule has 2 atom stereocenters. The van der Waals surface area contributed by atoms with E-state index >= 15 is 0 Å². The van der Waals surface area contributed by atoms with Gasteiger partial charge in [-0.1, -0.05) is 24.3 Å². The second-order valence-corrected chi connectivity index (χ2v) is 6.00. The Morgan fingerprint density at radius 3 is 2.40 bits per heavy atom. The summed E-state index contributed by atoms with van der Waals surface area (Å²) in [6.45, 7) is 3.75. The van der Waals surface area contributed by atoms with Crippen molar-refractivity contribution < 1.29 is 14.6 Å². The fraction of sp³-hybridized carbons (Fsp3) is 0.625. The van der Waals surface area contributed by atoms with E-state index in [0.717, 1.165) is 37.0 Å². The van der Waals surface area contributed by atoms with Crippen LogP contribution in [0.5, 0.6) is 0 Å². The molecule has 0 amide bonds. The molecule has 4 heteroatoms. The molecule has 2 fully saturated rings. The molecular formula is C16H23NO3. The summed E-state index contributed by atoms with van der Waals surface area (Å²) in [7, 11) is 0. The van der Waals surface area contributed by atoms with Gasteiger partial charge < -0.3 is 20.3 Å². The summed E-state index contributed by atoms with van der Waals surface area (Å²) in [5, 5.41) is 10.2. The van der Waals surface area contributed by atoms with Crippen LogP contribution in [0.3, 0.4) is 0 Å². The van der Waals surface area contributed by atoms with Crippen molar-refractivity contribution >= 4 is 0 Å². The molecule has 4 nitrogen and oxygen atoms in total. The molecule has 1 aliphatic heterocycles. The first-order valence-electron chi connectivity index (χ1n) is 7.38. The van der Waals surface area contributed by atoms with E-state index in [1.54, 1.807) is 0 Å². The first-order valence-corrected chi connectivity index (χ1v) is 7.38. The maximum absolute atomic E-state index is 10.2. The van der Waals surface area contributed by atoms with Gasteiger partial charge in [-0.15, -0.1) is 0 Å². The highest BCUT2D eigenvalue weighted by atomic mass is 16.6. The Morgan fingerprint density at radius 2 is 1.90 bits per heavy atom. The molecule has 2 unspecified atom stereocenters. The van der Waals surface area contributed by atoms with Crippen molar-refractivity contribution in [3.63, 3.8) is 0 Å². The molecule has 1 aliphatic carbocycles. The van der Waals surface area contributed by atoms with Gasteiger partial charge in [0.25, 0.3) is 0 Å².